The fraction of sp³-hybridized carbons (Fsp3) is 0.643. The van der Waals surface area contributed by atoms with Gasteiger partial charge in [-0.25, -0.2) is 4.98 Å². The Balaban J connectivity index is 1.98. The minimum absolute atomic E-state index is 0.0424. The van der Waals surface area contributed by atoms with Gasteiger partial charge in [-0.05, 0) is 40.3 Å². The molecule has 2 aromatic rings. The lowest BCUT2D eigenvalue weighted by Gasteiger charge is -2.27. The van der Waals surface area contributed by atoms with Crippen LogP contribution >= 0.6 is 0 Å². The molecule has 0 bridgehead atoms. The fourth-order valence-corrected chi connectivity index (χ4v) is 3.13. The van der Waals surface area contributed by atoms with Gasteiger partial charge in [-0.2, -0.15) is 22.7 Å². The Morgan fingerprint density at radius 3 is 2.65 bits per heavy atom. The van der Waals surface area contributed by atoms with Crippen LogP contribution < -0.4 is 5.32 Å². The van der Waals surface area contributed by atoms with Crippen LogP contribution in [0.3, 0.4) is 0 Å². The predicted molar refractivity (Wildman–Crippen MR) is 79.3 cm³/mol. The summed E-state index contributed by atoms with van der Waals surface area (Å²) in [4.78, 5) is 9.67. The maximum atomic E-state index is 12.8. The van der Waals surface area contributed by atoms with Crippen molar-refractivity contribution >= 4 is 11.6 Å². The van der Waals surface area contributed by atoms with Gasteiger partial charge in [0.15, 0.2) is 0 Å². The number of aromatic nitrogens is 4. The molecule has 1 fully saturated rings. The minimum Gasteiger partial charge on any atom is -0.366 e. The predicted octanol–water partition coefficient (Wildman–Crippen LogP) is 2.35. The first-order chi connectivity index (χ1) is 10.8. The van der Waals surface area contributed by atoms with Crippen molar-refractivity contribution in [3.05, 3.63) is 17.6 Å². The smallest absolute Gasteiger partial charge is 0.366 e. The number of fused-ring (bicyclic) bond motifs is 1. The topological polar surface area (TPSA) is 58.4 Å². The third-order valence-corrected chi connectivity index (χ3v) is 4.17. The van der Waals surface area contributed by atoms with E-state index >= 15 is 0 Å². The van der Waals surface area contributed by atoms with Crippen molar-refractivity contribution < 1.29 is 13.2 Å². The Morgan fingerprint density at radius 1 is 1.26 bits per heavy atom. The molecule has 126 valence electrons. The molecule has 2 atom stereocenters. The molecular formula is C14H19F3N6. The molecular weight excluding hydrogens is 309 g/mol. The zero-order valence-corrected chi connectivity index (χ0v) is 13.2. The summed E-state index contributed by atoms with van der Waals surface area (Å²) < 4.78 is 39.7. The van der Waals surface area contributed by atoms with E-state index in [4.69, 9.17) is 0 Å². The molecule has 1 saturated carbocycles. The van der Waals surface area contributed by atoms with E-state index in [-0.39, 0.29) is 11.8 Å². The van der Waals surface area contributed by atoms with Crippen LogP contribution in [-0.2, 0) is 6.18 Å². The van der Waals surface area contributed by atoms with Crippen LogP contribution in [0.25, 0.3) is 5.78 Å². The molecule has 0 unspecified atom stereocenters. The summed E-state index contributed by atoms with van der Waals surface area (Å²) in [6.45, 7) is 1.73. The van der Waals surface area contributed by atoms with Gasteiger partial charge in [0.25, 0.3) is 11.6 Å². The Kier molecular flexibility index (Phi) is 3.91. The summed E-state index contributed by atoms with van der Waals surface area (Å²) in [5.41, 5.74) is 0.598. The summed E-state index contributed by atoms with van der Waals surface area (Å²) in [5, 5.41) is 6.91. The zero-order chi connectivity index (χ0) is 16.8. The molecule has 0 aliphatic heterocycles. The SMILES string of the molecule is Cc1cc(N[C@@H]2CCC[C@@H]2N(C)C)n2nc(C(F)(F)F)nc2n1. The molecule has 0 spiro atoms. The molecule has 0 saturated heterocycles. The maximum Gasteiger partial charge on any atom is 0.453 e. The van der Waals surface area contributed by atoms with E-state index in [0.717, 1.165) is 23.8 Å². The van der Waals surface area contributed by atoms with E-state index in [1.807, 2.05) is 14.1 Å². The number of likely N-dealkylation sites (N-methyl/N-ethyl adjacent to an activating group) is 1. The number of anilines is 1. The third kappa shape index (κ3) is 3.10. The van der Waals surface area contributed by atoms with Gasteiger partial charge in [-0.1, -0.05) is 0 Å². The first-order valence-corrected chi connectivity index (χ1v) is 7.50. The number of aryl methyl sites for hydroxylation is 1. The standard InChI is InChI=1S/C14H19F3N6/c1-8-7-11(19-9-5-4-6-10(9)22(2)3)23-13(18-8)20-12(21-23)14(15,16)17/h7,9-10,19H,4-6H2,1-3H3/t9-,10+/m1/s1. The van der Waals surface area contributed by atoms with Gasteiger partial charge in [0.05, 0.1) is 0 Å². The second-order valence-corrected chi connectivity index (χ2v) is 6.14. The van der Waals surface area contributed by atoms with Gasteiger partial charge in [0.1, 0.15) is 5.82 Å². The lowest BCUT2D eigenvalue weighted by Crippen LogP contribution is -2.39. The van der Waals surface area contributed by atoms with E-state index in [1.54, 1.807) is 13.0 Å². The lowest BCUT2D eigenvalue weighted by molar-refractivity contribution is -0.144. The monoisotopic (exact) mass is 328 g/mol. The first-order valence-electron chi connectivity index (χ1n) is 7.50. The van der Waals surface area contributed by atoms with Crippen molar-refractivity contribution in [2.45, 2.75) is 44.4 Å². The quantitative estimate of drug-likeness (QED) is 0.937. The highest BCUT2D eigenvalue weighted by Crippen LogP contribution is 2.29. The van der Waals surface area contributed by atoms with Crippen molar-refractivity contribution in [3.8, 4) is 0 Å². The zero-order valence-electron chi connectivity index (χ0n) is 13.2. The molecule has 2 heterocycles. The Morgan fingerprint density at radius 2 is 2.00 bits per heavy atom. The molecule has 23 heavy (non-hydrogen) atoms. The number of hydrogen-bond donors (Lipinski definition) is 1. The number of halogens is 3. The molecule has 1 aliphatic rings. The molecule has 0 aromatic carbocycles. The average Bonchev–Trinajstić information content (AvgIpc) is 3.03. The van der Waals surface area contributed by atoms with Gasteiger partial charge < -0.3 is 10.2 Å². The number of hydrogen-bond acceptors (Lipinski definition) is 5. The number of nitrogens with zero attached hydrogens (tertiary/aromatic N) is 5. The van der Waals surface area contributed by atoms with Crippen molar-refractivity contribution in [2.75, 3.05) is 19.4 Å². The average molecular weight is 328 g/mol. The molecule has 1 aliphatic carbocycles. The molecule has 0 radical (unpaired) electrons. The second-order valence-electron chi connectivity index (χ2n) is 6.14. The van der Waals surface area contributed by atoms with Crippen molar-refractivity contribution in [2.24, 2.45) is 0 Å². The summed E-state index contributed by atoms with van der Waals surface area (Å²) in [6, 6.07) is 2.20. The summed E-state index contributed by atoms with van der Waals surface area (Å²) in [6.07, 6.45) is -1.48. The minimum atomic E-state index is -4.58. The van der Waals surface area contributed by atoms with Crippen LogP contribution in [0.1, 0.15) is 30.8 Å². The van der Waals surface area contributed by atoms with Crippen molar-refractivity contribution in [3.63, 3.8) is 0 Å². The summed E-state index contributed by atoms with van der Waals surface area (Å²) in [5.74, 6) is -0.720. The molecule has 6 nitrogen and oxygen atoms in total. The van der Waals surface area contributed by atoms with Gasteiger partial charge in [-0.3, -0.25) is 0 Å². The fourth-order valence-electron chi connectivity index (χ4n) is 3.13. The van der Waals surface area contributed by atoms with Crippen LogP contribution in [-0.4, -0.2) is 50.7 Å². The van der Waals surface area contributed by atoms with Crippen LogP contribution in [0.2, 0.25) is 0 Å². The van der Waals surface area contributed by atoms with E-state index in [2.05, 4.69) is 25.3 Å². The summed E-state index contributed by atoms with van der Waals surface area (Å²) >= 11 is 0. The Bertz CT molecular complexity index is 708. The van der Waals surface area contributed by atoms with Crippen LogP contribution in [0.4, 0.5) is 19.0 Å². The first kappa shape index (κ1) is 16.0. The van der Waals surface area contributed by atoms with Crippen molar-refractivity contribution in [1.82, 2.24) is 24.5 Å². The van der Waals surface area contributed by atoms with Crippen LogP contribution in [0.5, 0.6) is 0 Å². The maximum absolute atomic E-state index is 12.8. The highest BCUT2D eigenvalue weighted by atomic mass is 19.4. The highest BCUT2D eigenvalue weighted by Gasteiger charge is 2.37. The van der Waals surface area contributed by atoms with E-state index in [0.29, 0.717) is 17.6 Å². The van der Waals surface area contributed by atoms with Gasteiger partial charge in [-0.15, -0.1) is 5.10 Å². The summed E-state index contributed by atoms with van der Waals surface area (Å²) in [7, 11) is 4.02. The van der Waals surface area contributed by atoms with Crippen LogP contribution in [0.15, 0.2) is 6.07 Å². The molecule has 2 aromatic heterocycles. The Hall–Kier alpha value is -1.90. The van der Waals surface area contributed by atoms with E-state index < -0.39 is 12.0 Å². The molecule has 9 heteroatoms. The second kappa shape index (κ2) is 5.63. The molecule has 3 rings (SSSR count). The van der Waals surface area contributed by atoms with E-state index in [1.165, 1.54) is 0 Å². The van der Waals surface area contributed by atoms with Gasteiger partial charge in [0, 0.05) is 23.8 Å². The number of alkyl halides is 3. The van der Waals surface area contributed by atoms with Crippen molar-refractivity contribution in [1.29, 1.82) is 0 Å². The Labute approximate surface area is 131 Å². The third-order valence-electron chi connectivity index (χ3n) is 4.17. The van der Waals surface area contributed by atoms with Gasteiger partial charge in [0.2, 0.25) is 0 Å². The normalized spacial score (nSPS) is 22.2. The largest absolute Gasteiger partial charge is 0.453 e. The molecule has 0 amide bonds. The van der Waals surface area contributed by atoms with Gasteiger partial charge >= 0.3 is 6.18 Å². The van der Waals surface area contributed by atoms with Crippen LogP contribution in [0, 0.1) is 6.92 Å². The number of rotatable bonds is 3. The lowest BCUT2D eigenvalue weighted by atomic mass is 10.1. The number of nitrogens with one attached hydrogen (secondary N) is 1. The van der Waals surface area contributed by atoms with E-state index in [9.17, 15) is 13.2 Å². The highest BCUT2D eigenvalue weighted by molar-refractivity contribution is 5.46. The molecule has 1 N–H and O–H groups in total.